The van der Waals surface area contributed by atoms with Gasteiger partial charge in [0.15, 0.2) is 0 Å². The van der Waals surface area contributed by atoms with E-state index in [0.29, 0.717) is 23.4 Å². The molecule has 0 aliphatic carbocycles. The van der Waals surface area contributed by atoms with Crippen LogP contribution in [-0.4, -0.2) is 45.4 Å². The number of sulfonamides is 1. The number of rotatable bonds is 8. The first-order valence-electron chi connectivity index (χ1n) is 8.62. The first-order chi connectivity index (χ1) is 13.3. The highest BCUT2D eigenvalue weighted by atomic mass is 32.2. The monoisotopic (exact) mass is 405 g/mol. The van der Waals surface area contributed by atoms with Crippen LogP contribution in [0.1, 0.15) is 34.1 Å². The highest BCUT2D eigenvalue weighted by Crippen LogP contribution is 2.16. The molecule has 28 heavy (non-hydrogen) atoms. The summed E-state index contributed by atoms with van der Waals surface area (Å²) >= 11 is 0. The van der Waals surface area contributed by atoms with E-state index in [1.165, 1.54) is 38.4 Å². The number of nitrogens with one attached hydrogen (secondary N) is 2. The standard InChI is InChI=1S/C19H23N3O5S/c1-4-13-20-18(23)14-5-9-16(10-6-14)21-19(24)15-7-11-17(12-8-15)28(25,26)22(2)27-3/h5-12H,4,13H2,1-3H3,(H,20,23)(H,21,24). The van der Waals surface area contributed by atoms with Crippen molar-refractivity contribution in [1.29, 1.82) is 0 Å². The zero-order valence-corrected chi connectivity index (χ0v) is 16.7. The minimum Gasteiger partial charge on any atom is -0.352 e. The van der Waals surface area contributed by atoms with E-state index in [1.807, 2.05) is 6.92 Å². The van der Waals surface area contributed by atoms with Gasteiger partial charge in [-0.1, -0.05) is 11.4 Å². The van der Waals surface area contributed by atoms with Gasteiger partial charge in [0.05, 0.1) is 12.0 Å². The van der Waals surface area contributed by atoms with Crippen LogP contribution >= 0.6 is 0 Å². The molecule has 0 unspecified atom stereocenters. The average molecular weight is 405 g/mol. The van der Waals surface area contributed by atoms with Gasteiger partial charge in [-0.15, -0.1) is 0 Å². The minimum atomic E-state index is -3.77. The largest absolute Gasteiger partial charge is 0.352 e. The molecule has 0 saturated carbocycles. The van der Waals surface area contributed by atoms with E-state index >= 15 is 0 Å². The van der Waals surface area contributed by atoms with Crippen LogP contribution < -0.4 is 10.6 Å². The third-order valence-electron chi connectivity index (χ3n) is 3.95. The lowest BCUT2D eigenvalue weighted by Gasteiger charge is -2.14. The van der Waals surface area contributed by atoms with Gasteiger partial charge in [0.1, 0.15) is 0 Å². The van der Waals surface area contributed by atoms with Crippen LogP contribution in [0.4, 0.5) is 5.69 Å². The van der Waals surface area contributed by atoms with E-state index in [9.17, 15) is 18.0 Å². The molecule has 0 radical (unpaired) electrons. The summed E-state index contributed by atoms with van der Waals surface area (Å²) in [6, 6.07) is 12.0. The Hall–Kier alpha value is -2.75. The maximum Gasteiger partial charge on any atom is 0.264 e. The van der Waals surface area contributed by atoms with Crippen molar-refractivity contribution >= 4 is 27.5 Å². The quantitative estimate of drug-likeness (QED) is 0.656. The summed E-state index contributed by atoms with van der Waals surface area (Å²) in [6.45, 7) is 2.57. The van der Waals surface area contributed by atoms with Crippen LogP contribution in [0.5, 0.6) is 0 Å². The highest BCUT2D eigenvalue weighted by molar-refractivity contribution is 7.89. The van der Waals surface area contributed by atoms with E-state index in [0.717, 1.165) is 10.9 Å². The van der Waals surface area contributed by atoms with Gasteiger partial charge in [0, 0.05) is 30.4 Å². The van der Waals surface area contributed by atoms with Crippen molar-refractivity contribution < 1.29 is 22.8 Å². The molecule has 0 bridgehead atoms. The summed E-state index contributed by atoms with van der Waals surface area (Å²) in [6.07, 6.45) is 0.849. The van der Waals surface area contributed by atoms with E-state index in [-0.39, 0.29) is 10.8 Å². The van der Waals surface area contributed by atoms with Gasteiger partial charge in [0.2, 0.25) is 0 Å². The second-order valence-corrected chi connectivity index (χ2v) is 7.84. The van der Waals surface area contributed by atoms with Gasteiger partial charge in [-0.3, -0.25) is 14.4 Å². The van der Waals surface area contributed by atoms with Crippen molar-refractivity contribution in [3.8, 4) is 0 Å². The number of hydrogen-bond donors (Lipinski definition) is 2. The Kier molecular flexibility index (Phi) is 7.27. The lowest BCUT2D eigenvalue weighted by molar-refractivity contribution is -0.0258. The molecular formula is C19H23N3O5S. The van der Waals surface area contributed by atoms with Gasteiger partial charge in [0.25, 0.3) is 21.8 Å². The second-order valence-electron chi connectivity index (χ2n) is 5.91. The fourth-order valence-electron chi connectivity index (χ4n) is 2.27. The van der Waals surface area contributed by atoms with Crippen molar-refractivity contribution in [1.82, 2.24) is 9.79 Å². The molecule has 2 aromatic rings. The number of nitrogens with zero attached hydrogens (tertiary/aromatic N) is 1. The van der Waals surface area contributed by atoms with Gasteiger partial charge >= 0.3 is 0 Å². The first-order valence-corrected chi connectivity index (χ1v) is 10.1. The molecule has 0 spiro atoms. The zero-order valence-electron chi connectivity index (χ0n) is 15.9. The number of hydroxylamine groups is 1. The third kappa shape index (κ3) is 5.16. The molecule has 2 aromatic carbocycles. The van der Waals surface area contributed by atoms with Crippen molar-refractivity contribution in [3.05, 3.63) is 59.7 Å². The zero-order chi connectivity index (χ0) is 20.7. The van der Waals surface area contributed by atoms with Crippen LogP contribution in [0.2, 0.25) is 0 Å². The number of hydrogen-bond acceptors (Lipinski definition) is 5. The summed E-state index contributed by atoms with van der Waals surface area (Å²) in [5.74, 6) is -0.565. The van der Waals surface area contributed by atoms with Crippen LogP contribution in [-0.2, 0) is 14.9 Å². The number of amides is 2. The predicted octanol–water partition coefficient (Wildman–Crippen LogP) is 2.26. The lowest BCUT2D eigenvalue weighted by atomic mass is 10.1. The van der Waals surface area contributed by atoms with E-state index < -0.39 is 15.9 Å². The molecule has 9 heteroatoms. The molecule has 0 aromatic heterocycles. The average Bonchev–Trinajstić information content (AvgIpc) is 2.71. The predicted molar refractivity (Wildman–Crippen MR) is 105 cm³/mol. The molecule has 0 saturated heterocycles. The molecule has 2 N–H and O–H groups in total. The summed E-state index contributed by atoms with van der Waals surface area (Å²) in [5.41, 5.74) is 1.32. The van der Waals surface area contributed by atoms with E-state index in [4.69, 9.17) is 4.84 Å². The van der Waals surface area contributed by atoms with Crippen LogP contribution in [0, 0.1) is 0 Å². The lowest BCUT2D eigenvalue weighted by Crippen LogP contribution is -2.25. The Morgan fingerprint density at radius 1 is 0.964 bits per heavy atom. The molecule has 8 nitrogen and oxygen atoms in total. The Morgan fingerprint density at radius 3 is 2.04 bits per heavy atom. The van der Waals surface area contributed by atoms with Crippen LogP contribution in [0.15, 0.2) is 53.4 Å². The minimum absolute atomic E-state index is 0.0100. The Morgan fingerprint density at radius 2 is 1.50 bits per heavy atom. The molecule has 0 aliphatic rings. The molecule has 0 fully saturated rings. The summed E-state index contributed by atoms with van der Waals surface area (Å²) in [5, 5.41) is 5.48. The van der Waals surface area contributed by atoms with Crippen LogP contribution in [0.3, 0.4) is 0 Å². The maximum atomic E-state index is 12.4. The fraction of sp³-hybridized carbons (Fsp3) is 0.263. The number of carbonyl (C=O) groups is 2. The van der Waals surface area contributed by atoms with Crippen molar-refractivity contribution in [3.63, 3.8) is 0 Å². The molecule has 150 valence electrons. The number of carbonyl (C=O) groups excluding carboxylic acids is 2. The van der Waals surface area contributed by atoms with Crippen LogP contribution in [0.25, 0.3) is 0 Å². The molecule has 0 heterocycles. The Balaban J connectivity index is 2.06. The SMILES string of the molecule is CCCNC(=O)c1ccc(NC(=O)c2ccc(S(=O)(=O)N(C)OC)cc2)cc1. The van der Waals surface area contributed by atoms with Crippen molar-refractivity contribution in [2.24, 2.45) is 0 Å². The van der Waals surface area contributed by atoms with E-state index in [2.05, 4.69) is 10.6 Å². The van der Waals surface area contributed by atoms with Gasteiger partial charge in [-0.2, -0.15) is 0 Å². The van der Waals surface area contributed by atoms with Crippen molar-refractivity contribution in [2.75, 3.05) is 26.0 Å². The smallest absolute Gasteiger partial charge is 0.264 e. The first kappa shape index (κ1) is 21.5. The third-order valence-corrected chi connectivity index (χ3v) is 5.64. The van der Waals surface area contributed by atoms with Crippen molar-refractivity contribution in [2.45, 2.75) is 18.2 Å². The topological polar surface area (TPSA) is 105 Å². The molecular weight excluding hydrogens is 382 g/mol. The van der Waals surface area contributed by atoms with Gasteiger partial charge < -0.3 is 10.6 Å². The highest BCUT2D eigenvalue weighted by Gasteiger charge is 2.21. The Bertz CT molecular complexity index is 925. The fourth-order valence-corrected chi connectivity index (χ4v) is 3.25. The molecule has 2 amide bonds. The van der Waals surface area contributed by atoms with E-state index in [1.54, 1.807) is 24.3 Å². The molecule has 0 atom stereocenters. The molecule has 2 rings (SSSR count). The number of anilines is 1. The molecule has 0 aliphatic heterocycles. The summed E-state index contributed by atoms with van der Waals surface area (Å²) < 4.78 is 25.0. The van der Waals surface area contributed by atoms with Gasteiger partial charge in [-0.05, 0) is 55.0 Å². The summed E-state index contributed by atoms with van der Waals surface area (Å²) in [7, 11) is -1.24. The van der Waals surface area contributed by atoms with Gasteiger partial charge in [-0.25, -0.2) is 8.42 Å². The maximum absolute atomic E-state index is 12.4. The normalized spacial score (nSPS) is 11.3. The summed E-state index contributed by atoms with van der Waals surface area (Å²) in [4.78, 5) is 29.0. The second kappa shape index (κ2) is 9.45. The Labute approximate surface area is 164 Å². The number of benzene rings is 2.